The number of carbonyl (C=O) groups is 2. The molecule has 196 valence electrons. The molecule has 4 rings (SSSR count). The van der Waals surface area contributed by atoms with Crippen molar-refractivity contribution >= 4 is 11.8 Å². The van der Waals surface area contributed by atoms with Crippen molar-refractivity contribution in [2.45, 2.75) is 58.7 Å². The maximum atomic E-state index is 14.0. The van der Waals surface area contributed by atoms with E-state index in [1.54, 1.807) is 20.8 Å². The zero-order chi connectivity index (χ0) is 26.4. The van der Waals surface area contributed by atoms with Gasteiger partial charge in [0.15, 0.2) is 17.3 Å². The monoisotopic (exact) mass is 509 g/mol. The molecule has 0 aliphatic carbocycles. The maximum absolute atomic E-state index is 14.0. The lowest BCUT2D eigenvalue weighted by Crippen LogP contribution is -2.54. The van der Waals surface area contributed by atoms with Crippen LogP contribution in [-0.2, 0) is 17.9 Å². The van der Waals surface area contributed by atoms with Gasteiger partial charge in [-0.05, 0) is 43.6 Å². The molecular weight excluding hydrogens is 478 g/mol. The van der Waals surface area contributed by atoms with E-state index in [1.165, 1.54) is 6.07 Å². The fourth-order valence-corrected chi connectivity index (χ4v) is 4.71. The Morgan fingerprint density at radius 1 is 1.11 bits per heavy atom. The van der Waals surface area contributed by atoms with Gasteiger partial charge in [0.1, 0.15) is 11.9 Å². The molecule has 0 saturated carbocycles. The van der Waals surface area contributed by atoms with Crippen LogP contribution in [0.4, 0.5) is 17.6 Å². The minimum atomic E-state index is -2.95. The average Bonchev–Trinajstić information content (AvgIpc) is 3.26. The molecule has 0 unspecified atom stereocenters. The lowest BCUT2D eigenvalue weighted by molar-refractivity contribution is -0.136. The zero-order valence-corrected chi connectivity index (χ0v) is 20.9. The number of aromatic nitrogens is 2. The van der Waals surface area contributed by atoms with Crippen molar-refractivity contribution in [3.05, 3.63) is 41.2 Å². The number of amides is 2. The predicted molar refractivity (Wildman–Crippen MR) is 125 cm³/mol. The predicted octanol–water partition coefficient (Wildman–Crippen LogP) is 3.68. The van der Waals surface area contributed by atoms with Crippen molar-refractivity contribution in [1.29, 1.82) is 0 Å². The molecule has 2 amide bonds. The summed E-state index contributed by atoms with van der Waals surface area (Å²) in [5, 5.41) is 2.74. The first-order chi connectivity index (χ1) is 16.8. The van der Waals surface area contributed by atoms with Crippen LogP contribution in [0, 0.1) is 17.0 Å². The van der Waals surface area contributed by atoms with E-state index in [9.17, 15) is 27.2 Å². The highest BCUT2D eigenvalue weighted by molar-refractivity contribution is 5.98. The number of imidazole rings is 1. The first kappa shape index (κ1) is 26.1. The number of rotatable bonds is 4. The first-order valence-corrected chi connectivity index (χ1v) is 12.0. The Bertz CT molecular complexity index is 1170. The number of alkyl halides is 2. The molecule has 2 aliphatic heterocycles. The van der Waals surface area contributed by atoms with Crippen LogP contribution in [0.5, 0.6) is 0 Å². The Hall–Kier alpha value is -2.95. The van der Waals surface area contributed by atoms with Gasteiger partial charge in [-0.15, -0.1) is 0 Å². The van der Waals surface area contributed by atoms with Crippen molar-refractivity contribution in [2.24, 2.45) is 5.41 Å². The summed E-state index contributed by atoms with van der Waals surface area (Å²) in [4.78, 5) is 34.4. The van der Waals surface area contributed by atoms with Crippen LogP contribution in [0.3, 0.4) is 0 Å². The highest BCUT2D eigenvalue weighted by Gasteiger charge is 2.45. The fourth-order valence-electron chi connectivity index (χ4n) is 4.71. The van der Waals surface area contributed by atoms with Gasteiger partial charge >= 0.3 is 0 Å². The molecule has 0 spiro atoms. The Morgan fingerprint density at radius 2 is 1.83 bits per heavy atom. The largest absolute Gasteiger partial charge is 0.338 e. The van der Waals surface area contributed by atoms with Crippen molar-refractivity contribution < 1.29 is 27.2 Å². The van der Waals surface area contributed by atoms with E-state index in [4.69, 9.17) is 0 Å². The lowest BCUT2D eigenvalue weighted by Gasteiger charge is -2.33. The quantitative estimate of drug-likeness (QED) is 0.639. The topological polar surface area (TPSA) is 70.5 Å². The molecule has 0 radical (unpaired) electrons. The van der Waals surface area contributed by atoms with Crippen molar-refractivity contribution in [3.63, 3.8) is 0 Å². The lowest BCUT2D eigenvalue weighted by atomic mass is 9.85. The van der Waals surface area contributed by atoms with Crippen LogP contribution in [0.2, 0.25) is 0 Å². The van der Waals surface area contributed by atoms with Gasteiger partial charge in [-0.2, -0.15) is 0 Å². The Morgan fingerprint density at radius 3 is 2.44 bits per heavy atom. The molecule has 1 atom stereocenters. The molecular formula is C25H31F4N5O2. The summed E-state index contributed by atoms with van der Waals surface area (Å²) in [6.07, 6.45) is 0.339. The summed E-state index contributed by atoms with van der Waals surface area (Å²) in [5.41, 5.74) is 0.208. The van der Waals surface area contributed by atoms with Crippen LogP contribution in [0.15, 0.2) is 18.2 Å². The molecule has 0 bridgehead atoms. The normalized spacial score (nSPS) is 19.1. The third-order valence-electron chi connectivity index (χ3n) is 6.68. The second kappa shape index (κ2) is 9.49. The average molecular weight is 510 g/mol. The van der Waals surface area contributed by atoms with Crippen LogP contribution in [-0.4, -0.2) is 69.8 Å². The summed E-state index contributed by atoms with van der Waals surface area (Å²) >= 11 is 0. The Kier molecular flexibility index (Phi) is 6.89. The Balaban J connectivity index is 1.70. The number of benzene rings is 1. The summed E-state index contributed by atoms with van der Waals surface area (Å²) < 4.78 is 56.9. The minimum Gasteiger partial charge on any atom is -0.338 e. The molecule has 1 aromatic carbocycles. The maximum Gasteiger partial charge on any atom is 0.272 e. The standard InChI is InChI=1S/C25H31F4N5O2/c1-24(2,3)20(23(36)33-11-8-25(28,29)14-33)31-22(35)19-18-13-32(4)9-5-10-34(18)21(30-19)15-6-7-16(26)17(27)12-15/h6-7,12,20H,5,8-11,13-14H2,1-4H3,(H,31,35)/t20-/m1/s1. The molecule has 1 N–H and O–H groups in total. The van der Waals surface area contributed by atoms with Gasteiger partial charge in [-0.1, -0.05) is 20.8 Å². The number of halogens is 4. The molecule has 36 heavy (non-hydrogen) atoms. The van der Waals surface area contributed by atoms with E-state index in [2.05, 4.69) is 10.3 Å². The minimum absolute atomic E-state index is 0.0669. The van der Waals surface area contributed by atoms with Gasteiger partial charge in [0.2, 0.25) is 5.91 Å². The SMILES string of the molecule is CN1CCCn2c(-c3ccc(F)c(F)c3)nc(C(=O)N[C@H](C(=O)N3CCC(F)(F)C3)C(C)(C)C)c2C1. The third kappa shape index (κ3) is 5.25. The van der Waals surface area contributed by atoms with Crippen LogP contribution >= 0.6 is 0 Å². The van der Waals surface area contributed by atoms with E-state index >= 15 is 0 Å². The highest BCUT2D eigenvalue weighted by atomic mass is 19.3. The number of fused-ring (bicyclic) bond motifs is 1. The molecule has 1 aromatic heterocycles. The summed E-state index contributed by atoms with van der Waals surface area (Å²) in [5.74, 6) is -5.84. The van der Waals surface area contributed by atoms with Crippen molar-refractivity contribution in [3.8, 4) is 11.4 Å². The molecule has 2 aliphatic rings. The summed E-state index contributed by atoms with van der Waals surface area (Å²) in [6, 6.07) is 2.39. The van der Waals surface area contributed by atoms with E-state index < -0.39 is 53.8 Å². The van der Waals surface area contributed by atoms with Gasteiger partial charge in [-0.3, -0.25) is 9.59 Å². The number of nitrogens with zero attached hydrogens (tertiary/aromatic N) is 4. The van der Waals surface area contributed by atoms with E-state index in [1.807, 2.05) is 16.5 Å². The highest BCUT2D eigenvalue weighted by Crippen LogP contribution is 2.31. The molecule has 7 nitrogen and oxygen atoms in total. The number of nitrogens with one attached hydrogen (secondary N) is 1. The van der Waals surface area contributed by atoms with Gasteiger partial charge < -0.3 is 19.7 Å². The molecule has 1 fully saturated rings. The van der Waals surface area contributed by atoms with Gasteiger partial charge in [0, 0.05) is 31.6 Å². The van der Waals surface area contributed by atoms with Crippen LogP contribution in [0.1, 0.15) is 49.8 Å². The van der Waals surface area contributed by atoms with Crippen LogP contribution in [0.25, 0.3) is 11.4 Å². The van der Waals surface area contributed by atoms with E-state index in [0.29, 0.717) is 30.2 Å². The fraction of sp³-hybridized carbons (Fsp3) is 0.560. The number of hydrogen-bond acceptors (Lipinski definition) is 4. The molecule has 3 heterocycles. The molecule has 11 heteroatoms. The second-order valence-electron chi connectivity index (χ2n) is 10.7. The summed E-state index contributed by atoms with van der Waals surface area (Å²) in [7, 11) is 1.90. The smallest absolute Gasteiger partial charge is 0.272 e. The van der Waals surface area contributed by atoms with Crippen molar-refractivity contribution in [1.82, 2.24) is 24.7 Å². The number of likely N-dealkylation sites (tertiary alicyclic amines) is 1. The second-order valence-corrected chi connectivity index (χ2v) is 10.7. The van der Waals surface area contributed by atoms with Crippen LogP contribution < -0.4 is 5.32 Å². The van der Waals surface area contributed by atoms with E-state index in [0.717, 1.165) is 30.0 Å². The number of hydrogen-bond donors (Lipinski definition) is 1. The Labute approximate surface area is 207 Å². The summed E-state index contributed by atoms with van der Waals surface area (Å²) in [6.45, 7) is 6.13. The van der Waals surface area contributed by atoms with Gasteiger partial charge in [-0.25, -0.2) is 22.5 Å². The number of carbonyl (C=O) groups excluding carboxylic acids is 2. The van der Waals surface area contributed by atoms with Gasteiger partial charge in [0.05, 0.1) is 12.2 Å². The third-order valence-corrected chi connectivity index (χ3v) is 6.68. The van der Waals surface area contributed by atoms with Crippen molar-refractivity contribution in [2.75, 3.05) is 26.7 Å². The molecule has 1 saturated heterocycles. The molecule has 2 aromatic rings. The van der Waals surface area contributed by atoms with Gasteiger partial charge in [0.25, 0.3) is 11.8 Å². The van der Waals surface area contributed by atoms with E-state index in [-0.39, 0.29) is 12.2 Å². The zero-order valence-electron chi connectivity index (χ0n) is 20.9. The first-order valence-electron chi connectivity index (χ1n) is 12.0.